The molecule has 0 spiro atoms. The van der Waals surface area contributed by atoms with Gasteiger partial charge >= 0.3 is 0 Å². The summed E-state index contributed by atoms with van der Waals surface area (Å²) in [5, 5.41) is 12.7. The molecule has 3 N–H and O–H groups in total. The number of hydrogen-bond donors (Lipinski definition) is 2. The molecule has 0 fully saturated rings. The molecule has 0 radical (unpaired) electrons. The fourth-order valence-electron chi connectivity index (χ4n) is 2.86. The molecule has 6 nitrogen and oxygen atoms in total. The van der Waals surface area contributed by atoms with Crippen molar-refractivity contribution < 1.29 is 9.53 Å². The standard InChI is InChI=1S/C16H12N4O2S2/c17-4-8-3-10(7-19-5-8)22-16-12-11(14(23-16)15(18)21)2-1-9-6-20-24-13(9)12/h3,5-6,19H,1-2,7H2,(H2,18,21). The van der Waals surface area contributed by atoms with Crippen LogP contribution in [0.4, 0.5) is 0 Å². The Balaban J connectivity index is 1.80. The van der Waals surface area contributed by atoms with Crippen LogP contribution < -0.4 is 15.8 Å². The molecule has 0 aromatic carbocycles. The van der Waals surface area contributed by atoms with Crippen molar-refractivity contribution in [2.45, 2.75) is 12.8 Å². The number of nitrogens with zero attached hydrogens (tertiary/aromatic N) is 2. The number of carbonyl (C=O) groups excluding carboxylic acids is 1. The van der Waals surface area contributed by atoms with Crippen LogP contribution in [0, 0.1) is 11.3 Å². The molecule has 2 aromatic rings. The number of aromatic nitrogens is 1. The van der Waals surface area contributed by atoms with E-state index in [-0.39, 0.29) is 0 Å². The van der Waals surface area contributed by atoms with Crippen LogP contribution in [0.1, 0.15) is 20.8 Å². The number of rotatable bonds is 3. The molecule has 2 aliphatic rings. The van der Waals surface area contributed by atoms with Gasteiger partial charge in [-0.15, -0.1) is 0 Å². The van der Waals surface area contributed by atoms with E-state index in [0.29, 0.717) is 27.8 Å². The number of dihydropyridines is 1. The van der Waals surface area contributed by atoms with Gasteiger partial charge in [-0.25, -0.2) is 4.37 Å². The number of carbonyl (C=O) groups is 1. The van der Waals surface area contributed by atoms with Crippen molar-refractivity contribution in [1.82, 2.24) is 9.69 Å². The van der Waals surface area contributed by atoms with E-state index < -0.39 is 5.91 Å². The van der Waals surface area contributed by atoms with Gasteiger partial charge in [0.15, 0.2) is 5.06 Å². The van der Waals surface area contributed by atoms with E-state index in [2.05, 4.69) is 15.8 Å². The number of hydrogen-bond acceptors (Lipinski definition) is 7. The number of nitriles is 1. The number of allylic oxidation sites excluding steroid dienone is 2. The SMILES string of the molecule is N#CC1=CNCC(Oc2sc(C(N)=O)c3c2-c2sncc2CC3)=C1. The summed E-state index contributed by atoms with van der Waals surface area (Å²) in [5.74, 6) is 0.193. The van der Waals surface area contributed by atoms with E-state index in [1.54, 1.807) is 12.3 Å². The van der Waals surface area contributed by atoms with Crippen LogP contribution in [0.15, 0.2) is 29.8 Å². The molecule has 1 amide bonds. The predicted octanol–water partition coefficient (Wildman–Crippen LogP) is 2.34. The van der Waals surface area contributed by atoms with Gasteiger partial charge in [0.25, 0.3) is 5.91 Å². The van der Waals surface area contributed by atoms with Crippen LogP contribution in [0.5, 0.6) is 5.06 Å². The Bertz CT molecular complexity index is 946. The highest BCUT2D eigenvalue weighted by Gasteiger charge is 2.30. The van der Waals surface area contributed by atoms with Crippen molar-refractivity contribution in [3.8, 4) is 21.6 Å². The van der Waals surface area contributed by atoms with E-state index in [4.69, 9.17) is 15.7 Å². The highest BCUT2D eigenvalue weighted by Crippen LogP contribution is 2.49. The summed E-state index contributed by atoms with van der Waals surface area (Å²) in [7, 11) is 0. The van der Waals surface area contributed by atoms with Crippen LogP contribution in [-0.2, 0) is 12.8 Å². The zero-order valence-electron chi connectivity index (χ0n) is 12.5. The number of fused-ring (bicyclic) bond motifs is 3. The summed E-state index contributed by atoms with van der Waals surface area (Å²) < 4.78 is 10.3. The first-order chi connectivity index (χ1) is 11.7. The summed E-state index contributed by atoms with van der Waals surface area (Å²) in [6.07, 6.45) is 6.81. The maximum Gasteiger partial charge on any atom is 0.259 e. The molecule has 24 heavy (non-hydrogen) atoms. The van der Waals surface area contributed by atoms with Crippen molar-refractivity contribution in [3.63, 3.8) is 0 Å². The molecule has 4 rings (SSSR count). The van der Waals surface area contributed by atoms with Crippen LogP contribution >= 0.6 is 22.9 Å². The minimum absolute atomic E-state index is 0.438. The molecule has 1 aliphatic heterocycles. The maximum atomic E-state index is 11.8. The van der Waals surface area contributed by atoms with Gasteiger partial charge in [0.1, 0.15) is 11.8 Å². The molecular weight excluding hydrogens is 344 g/mol. The maximum absolute atomic E-state index is 11.8. The minimum Gasteiger partial charge on any atom is -0.448 e. The Kier molecular flexibility index (Phi) is 3.59. The normalized spacial score (nSPS) is 15.3. The molecule has 0 unspecified atom stereocenters. The second-order valence-corrected chi connectivity index (χ2v) is 7.21. The molecule has 0 atom stereocenters. The number of primary amides is 1. The van der Waals surface area contributed by atoms with Crippen molar-refractivity contribution in [2.24, 2.45) is 5.73 Å². The summed E-state index contributed by atoms with van der Waals surface area (Å²) >= 11 is 2.66. The smallest absolute Gasteiger partial charge is 0.259 e. The Morgan fingerprint density at radius 1 is 1.46 bits per heavy atom. The number of thiophene rings is 1. The topological polar surface area (TPSA) is 101 Å². The molecule has 0 bridgehead atoms. The quantitative estimate of drug-likeness (QED) is 0.879. The Morgan fingerprint density at radius 2 is 2.33 bits per heavy atom. The summed E-state index contributed by atoms with van der Waals surface area (Å²) in [6.45, 7) is 0.485. The molecule has 3 heterocycles. The van der Waals surface area contributed by atoms with Crippen molar-refractivity contribution in [3.05, 3.63) is 45.8 Å². The molecule has 0 saturated carbocycles. The molecule has 1 aliphatic carbocycles. The van der Waals surface area contributed by atoms with E-state index in [9.17, 15) is 4.79 Å². The van der Waals surface area contributed by atoms with Crippen LogP contribution in [0.2, 0.25) is 0 Å². The van der Waals surface area contributed by atoms with E-state index in [1.807, 2.05) is 6.20 Å². The number of ether oxygens (including phenoxy) is 1. The second kappa shape index (κ2) is 5.78. The Labute approximate surface area is 146 Å². The lowest BCUT2D eigenvalue weighted by Crippen LogP contribution is -2.18. The van der Waals surface area contributed by atoms with Gasteiger partial charge in [-0.05, 0) is 41.6 Å². The van der Waals surface area contributed by atoms with E-state index in [0.717, 1.165) is 28.8 Å². The van der Waals surface area contributed by atoms with Crippen LogP contribution in [-0.4, -0.2) is 16.8 Å². The van der Waals surface area contributed by atoms with Gasteiger partial charge < -0.3 is 15.8 Å². The third kappa shape index (κ3) is 2.38. The zero-order valence-corrected chi connectivity index (χ0v) is 14.1. The molecule has 0 saturated heterocycles. The van der Waals surface area contributed by atoms with Crippen molar-refractivity contribution in [2.75, 3.05) is 6.54 Å². The highest BCUT2D eigenvalue weighted by molar-refractivity contribution is 7.17. The third-order valence-electron chi connectivity index (χ3n) is 3.92. The largest absolute Gasteiger partial charge is 0.448 e. The number of nitrogens with one attached hydrogen (secondary N) is 1. The van der Waals surface area contributed by atoms with Crippen molar-refractivity contribution in [1.29, 1.82) is 5.26 Å². The lowest BCUT2D eigenvalue weighted by molar-refractivity contribution is 0.100. The molecular formula is C16H12N4O2S2. The van der Waals surface area contributed by atoms with Gasteiger partial charge in [0.2, 0.25) is 0 Å². The van der Waals surface area contributed by atoms with Crippen LogP contribution in [0.3, 0.4) is 0 Å². The first kappa shape index (κ1) is 14.9. The summed E-state index contributed by atoms with van der Waals surface area (Å²) in [4.78, 5) is 13.4. The molecule has 2 aromatic heterocycles. The van der Waals surface area contributed by atoms with Gasteiger partial charge in [-0.3, -0.25) is 4.79 Å². The monoisotopic (exact) mass is 356 g/mol. The predicted molar refractivity (Wildman–Crippen MR) is 91.8 cm³/mol. The van der Waals surface area contributed by atoms with Gasteiger partial charge in [0, 0.05) is 12.4 Å². The fourth-order valence-corrected chi connectivity index (χ4v) is 4.88. The van der Waals surface area contributed by atoms with Gasteiger partial charge in [-0.1, -0.05) is 11.3 Å². The number of nitrogens with two attached hydrogens (primary N) is 1. The highest BCUT2D eigenvalue weighted by atomic mass is 32.1. The average Bonchev–Trinajstić information content (AvgIpc) is 3.19. The van der Waals surface area contributed by atoms with E-state index >= 15 is 0 Å². The number of amides is 1. The van der Waals surface area contributed by atoms with Gasteiger partial charge in [0.05, 0.1) is 27.4 Å². The van der Waals surface area contributed by atoms with E-state index in [1.165, 1.54) is 28.4 Å². The minimum atomic E-state index is -0.438. The zero-order chi connectivity index (χ0) is 16.7. The summed E-state index contributed by atoms with van der Waals surface area (Å²) in [6, 6.07) is 2.08. The summed E-state index contributed by atoms with van der Waals surface area (Å²) in [5.41, 5.74) is 9.08. The third-order valence-corrected chi connectivity index (χ3v) is 5.90. The lowest BCUT2D eigenvalue weighted by Gasteiger charge is -2.16. The lowest BCUT2D eigenvalue weighted by atomic mass is 9.93. The number of aryl methyl sites for hydroxylation is 1. The Hall–Kier alpha value is -2.63. The average molecular weight is 356 g/mol. The first-order valence-electron chi connectivity index (χ1n) is 7.29. The first-order valence-corrected chi connectivity index (χ1v) is 8.88. The fraction of sp³-hybridized carbons (Fsp3) is 0.188. The van der Waals surface area contributed by atoms with Crippen LogP contribution in [0.25, 0.3) is 10.4 Å². The van der Waals surface area contributed by atoms with Crippen molar-refractivity contribution >= 4 is 28.8 Å². The Morgan fingerprint density at radius 3 is 3.12 bits per heavy atom. The molecule has 8 heteroatoms. The molecule has 120 valence electrons. The second-order valence-electron chi connectivity index (χ2n) is 5.42. The van der Waals surface area contributed by atoms with Gasteiger partial charge in [-0.2, -0.15) is 5.26 Å².